The summed E-state index contributed by atoms with van der Waals surface area (Å²) in [7, 11) is 0. The fourth-order valence-electron chi connectivity index (χ4n) is 5.95. The quantitative estimate of drug-likeness (QED) is 0.814. The van der Waals surface area contributed by atoms with Crippen molar-refractivity contribution in [2.75, 3.05) is 0 Å². The molecule has 5 aliphatic carbocycles. The van der Waals surface area contributed by atoms with E-state index in [1.165, 1.54) is 32.1 Å². The summed E-state index contributed by atoms with van der Waals surface area (Å²) < 4.78 is 0. The third-order valence-corrected chi connectivity index (χ3v) is 7.07. The Morgan fingerprint density at radius 1 is 1.10 bits per heavy atom. The van der Waals surface area contributed by atoms with Gasteiger partial charge in [-0.2, -0.15) is 0 Å². The zero-order valence-electron chi connectivity index (χ0n) is 12.6. The third kappa shape index (κ3) is 1.85. The molecule has 3 nitrogen and oxygen atoms in total. The van der Waals surface area contributed by atoms with Crippen LogP contribution in [0.3, 0.4) is 0 Å². The van der Waals surface area contributed by atoms with Crippen LogP contribution in [0.5, 0.6) is 0 Å². The van der Waals surface area contributed by atoms with E-state index in [9.17, 15) is 4.79 Å². The summed E-state index contributed by atoms with van der Waals surface area (Å²) in [6.45, 7) is 2.08. The van der Waals surface area contributed by atoms with Crippen LogP contribution in [0.25, 0.3) is 0 Å². The normalized spacial score (nSPS) is 53.3. The van der Waals surface area contributed by atoms with Crippen LogP contribution in [0.4, 0.5) is 0 Å². The maximum atomic E-state index is 12.8. The molecule has 0 aromatic rings. The average molecular weight is 276 g/mol. The molecule has 0 saturated heterocycles. The van der Waals surface area contributed by atoms with Crippen molar-refractivity contribution in [3.8, 4) is 0 Å². The molecule has 0 aromatic heterocycles. The van der Waals surface area contributed by atoms with Crippen LogP contribution >= 0.6 is 0 Å². The Balaban J connectivity index is 1.48. The fourth-order valence-corrected chi connectivity index (χ4v) is 5.95. The second-order valence-corrected chi connectivity index (χ2v) is 8.35. The van der Waals surface area contributed by atoms with Crippen molar-refractivity contribution < 1.29 is 4.79 Å². The molecule has 112 valence electrons. The molecule has 0 spiro atoms. The highest BCUT2D eigenvalue weighted by molar-refractivity contribution is 5.83. The molecule has 0 aromatic carbocycles. The van der Waals surface area contributed by atoms with E-state index >= 15 is 0 Å². The predicted molar refractivity (Wildman–Crippen MR) is 78.9 cm³/mol. The Morgan fingerprint density at radius 2 is 1.70 bits per heavy atom. The van der Waals surface area contributed by atoms with Gasteiger partial charge in [0.25, 0.3) is 0 Å². The number of nitrogens with two attached hydrogens (primary N) is 1. The summed E-state index contributed by atoms with van der Waals surface area (Å²) in [5.74, 6) is 3.71. The summed E-state index contributed by atoms with van der Waals surface area (Å²) in [6.07, 6.45) is 9.99. The summed E-state index contributed by atoms with van der Waals surface area (Å²) in [6, 6.07) is 0.513. The standard InChI is InChI=1S/C17H28N2O/c1-17(4-2-3-14(17)18)16(20)19-15-12-6-10-5-11(8-12)9-13(15)7-10/h10-15H,2-9,18H2,1H3,(H,19,20). The van der Waals surface area contributed by atoms with Crippen LogP contribution in [0.2, 0.25) is 0 Å². The van der Waals surface area contributed by atoms with Crippen molar-refractivity contribution in [2.24, 2.45) is 34.8 Å². The van der Waals surface area contributed by atoms with Gasteiger partial charge in [-0.25, -0.2) is 0 Å². The van der Waals surface area contributed by atoms with Crippen LogP contribution in [0, 0.1) is 29.1 Å². The first-order chi connectivity index (χ1) is 9.56. The van der Waals surface area contributed by atoms with Gasteiger partial charge in [-0.15, -0.1) is 0 Å². The zero-order chi connectivity index (χ0) is 13.9. The molecule has 3 N–H and O–H groups in total. The van der Waals surface area contributed by atoms with Crippen LogP contribution in [0.15, 0.2) is 0 Å². The van der Waals surface area contributed by atoms with Gasteiger partial charge in [0.2, 0.25) is 5.91 Å². The lowest BCUT2D eigenvalue weighted by atomic mass is 9.54. The average Bonchev–Trinajstić information content (AvgIpc) is 2.74. The number of rotatable bonds is 2. The highest BCUT2D eigenvalue weighted by atomic mass is 16.2. The molecular formula is C17H28N2O. The summed E-state index contributed by atoms with van der Waals surface area (Å²) in [5.41, 5.74) is 5.89. The van der Waals surface area contributed by atoms with Gasteiger partial charge in [-0.05, 0) is 75.5 Å². The first-order valence-electron chi connectivity index (χ1n) is 8.63. The van der Waals surface area contributed by atoms with Gasteiger partial charge in [-0.1, -0.05) is 6.42 Å². The fraction of sp³-hybridized carbons (Fsp3) is 0.941. The second kappa shape index (κ2) is 4.46. The van der Waals surface area contributed by atoms with Gasteiger partial charge in [0.15, 0.2) is 0 Å². The lowest BCUT2D eigenvalue weighted by Gasteiger charge is -2.54. The van der Waals surface area contributed by atoms with E-state index < -0.39 is 0 Å². The lowest BCUT2D eigenvalue weighted by molar-refractivity contribution is -0.134. The van der Waals surface area contributed by atoms with E-state index in [1.54, 1.807) is 0 Å². The number of carbonyl (C=O) groups excluding carboxylic acids is 1. The van der Waals surface area contributed by atoms with Crippen LogP contribution < -0.4 is 11.1 Å². The van der Waals surface area contributed by atoms with Crippen molar-refractivity contribution in [3.05, 3.63) is 0 Å². The summed E-state index contributed by atoms with van der Waals surface area (Å²) >= 11 is 0. The minimum absolute atomic E-state index is 0.0549. The Bertz CT molecular complexity index is 393. The molecule has 5 rings (SSSR count). The minimum Gasteiger partial charge on any atom is -0.352 e. The lowest BCUT2D eigenvalue weighted by Crippen LogP contribution is -2.59. The molecule has 0 aliphatic heterocycles. The van der Waals surface area contributed by atoms with E-state index in [0.717, 1.165) is 42.9 Å². The number of nitrogens with one attached hydrogen (secondary N) is 1. The topological polar surface area (TPSA) is 55.1 Å². The van der Waals surface area contributed by atoms with Gasteiger partial charge in [0.05, 0.1) is 5.41 Å². The summed E-state index contributed by atoms with van der Waals surface area (Å²) in [5, 5.41) is 3.46. The van der Waals surface area contributed by atoms with Gasteiger partial charge in [-0.3, -0.25) is 4.79 Å². The maximum absolute atomic E-state index is 12.8. The van der Waals surface area contributed by atoms with Crippen LogP contribution in [-0.2, 0) is 4.79 Å². The largest absolute Gasteiger partial charge is 0.352 e. The highest BCUT2D eigenvalue weighted by Crippen LogP contribution is 2.54. The van der Waals surface area contributed by atoms with Crippen molar-refractivity contribution in [2.45, 2.75) is 70.4 Å². The maximum Gasteiger partial charge on any atom is 0.227 e. The van der Waals surface area contributed by atoms with Gasteiger partial charge in [0, 0.05) is 12.1 Å². The molecule has 1 amide bonds. The molecule has 20 heavy (non-hydrogen) atoms. The number of hydrogen-bond acceptors (Lipinski definition) is 2. The Labute approximate surface area is 122 Å². The zero-order valence-corrected chi connectivity index (χ0v) is 12.6. The Kier molecular flexibility index (Phi) is 2.93. The van der Waals surface area contributed by atoms with Crippen molar-refractivity contribution in [1.82, 2.24) is 5.32 Å². The monoisotopic (exact) mass is 276 g/mol. The van der Waals surface area contributed by atoms with Crippen molar-refractivity contribution in [3.63, 3.8) is 0 Å². The SMILES string of the molecule is CC1(C(=O)NC2C3CC4CC(C3)CC2C4)CCCC1N. The molecule has 2 atom stereocenters. The van der Waals surface area contributed by atoms with Crippen molar-refractivity contribution >= 4 is 5.91 Å². The molecule has 0 radical (unpaired) electrons. The van der Waals surface area contributed by atoms with Gasteiger partial charge in [0.1, 0.15) is 0 Å². The van der Waals surface area contributed by atoms with Gasteiger partial charge < -0.3 is 11.1 Å². The van der Waals surface area contributed by atoms with E-state index in [-0.39, 0.29) is 17.4 Å². The number of amides is 1. The van der Waals surface area contributed by atoms with E-state index in [1.807, 2.05) is 0 Å². The predicted octanol–water partition coefficient (Wildman–Crippen LogP) is 2.44. The third-order valence-electron chi connectivity index (χ3n) is 7.07. The molecule has 0 heterocycles. The minimum atomic E-state index is -0.311. The molecule has 5 fully saturated rings. The Hall–Kier alpha value is -0.570. The van der Waals surface area contributed by atoms with E-state index in [4.69, 9.17) is 5.73 Å². The molecule has 5 aliphatic rings. The smallest absolute Gasteiger partial charge is 0.227 e. The molecule has 5 saturated carbocycles. The number of hydrogen-bond donors (Lipinski definition) is 2. The van der Waals surface area contributed by atoms with E-state index in [2.05, 4.69) is 12.2 Å². The van der Waals surface area contributed by atoms with Crippen LogP contribution in [0.1, 0.15) is 58.3 Å². The Morgan fingerprint density at radius 3 is 2.20 bits per heavy atom. The van der Waals surface area contributed by atoms with Gasteiger partial charge >= 0.3 is 0 Å². The summed E-state index contributed by atoms with van der Waals surface area (Å²) in [4.78, 5) is 12.8. The second-order valence-electron chi connectivity index (χ2n) is 8.35. The molecule has 2 unspecified atom stereocenters. The molecular weight excluding hydrogens is 248 g/mol. The van der Waals surface area contributed by atoms with E-state index in [0.29, 0.717) is 6.04 Å². The van der Waals surface area contributed by atoms with Crippen molar-refractivity contribution in [1.29, 1.82) is 0 Å². The molecule has 4 bridgehead atoms. The number of carbonyl (C=O) groups is 1. The first kappa shape index (κ1) is 13.1. The molecule has 3 heteroatoms. The van der Waals surface area contributed by atoms with Crippen LogP contribution in [-0.4, -0.2) is 18.0 Å². The first-order valence-corrected chi connectivity index (χ1v) is 8.63. The highest BCUT2D eigenvalue weighted by Gasteiger charge is 2.50.